The van der Waals surface area contributed by atoms with E-state index in [1.165, 1.54) is 18.0 Å². The summed E-state index contributed by atoms with van der Waals surface area (Å²) in [6.45, 7) is -0.0516. The van der Waals surface area contributed by atoms with Gasteiger partial charge in [0.15, 0.2) is 5.16 Å². The zero-order valence-corrected chi connectivity index (χ0v) is 7.94. The van der Waals surface area contributed by atoms with Crippen LogP contribution in [0.5, 0.6) is 0 Å². The van der Waals surface area contributed by atoms with Crippen LogP contribution >= 0.6 is 11.8 Å². The van der Waals surface area contributed by atoms with Crippen LogP contribution in [-0.4, -0.2) is 20.1 Å². The van der Waals surface area contributed by atoms with Crippen LogP contribution in [0.4, 0.5) is 0 Å². The van der Waals surface area contributed by atoms with Gasteiger partial charge in [0.25, 0.3) is 5.22 Å². The first kappa shape index (κ1) is 9.17. The number of hydrogen-bond donors (Lipinski definition) is 1. The summed E-state index contributed by atoms with van der Waals surface area (Å²) >= 11 is 1.23. The number of aromatic nitrogens is 3. The lowest BCUT2D eigenvalue weighted by Crippen LogP contribution is -1.90. The average Bonchev–Trinajstić information content (AvgIpc) is 2.72. The van der Waals surface area contributed by atoms with Crippen molar-refractivity contribution in [3.63, 3.8) is 0 Å². The van der Waals surface area contributed by atoms with E-state index in [2.05, 4.69) is 15.0 Å². The molecule has 2 aromatic heterocycles. The fourth-order valence-corrected chi connectivity index (χ4v) is 1.40. The van der Waals surface area contributed by atoms with E-state index in [9.17, 15) is 0 Å². The molecule has 0 spiro atoms. The number of aliphatic hydroxyl groups excluding tert-OH is 1. The van der Waals surface area contributed by atoms with Crippen molar-refractivity contribution in [2.75, 3.05) is 0 Å². The van der Waals surface area contributed by atoms with E-state index in [4.69, 9.17) is 9.52 Å². The Kier molecular flexibility index (Phi) is 2.76. The Morgan fingerprint density at radius 2 is 2.07 bits per heavy atom. The molecule has 0 bridgehead atoms. The second-order valence-corrected chi connectivity index (χ2v) is 3.35. The van der Waals surface area contributed by atoms with Crippen molar-refractivity contribution >= 4 is 11.8 Å². The molecule has 0 amide bonds. The number of rotatable bonds is 3. The molecule has 2 aromatic rings. The Hall–Kier alpha value is -1.40. The molecule has 6 heteroatoms. The molecule has 2 heterocycles. The zero-order valence-electron chi connectivity index (χ0n) is 7.12. The van der Waals surface area contributed by atoms with Crippen LogP contribution in [0, 0.1) is 0 Å². The van der Waals surface area contributed by atoms with Gasteiger partial charge in [-0.2, -0.15) is 0 Å². The maximum atomic E-state index is 8.77. The smallest absolute Gasteiger partial charge is 0.263 e. The number of hydrogen-bond acceptors (Lipinski definition) is 6. The van der Waals surface area contributed by atoms with Gasteiger partial charge in [-0.05, 0) is 0 Å². The van der Waals surface area contributed by atoms with Gasteiger partial charge >= 0.3 is 0 Å². The van der Waals surface area contributed by atoms with Gasteiger partial charge in [0, 0.05) is 29.7 Å². The highest BCUT2D eigenvalue weighted by Crippen LogP contribution is 2.21. The van der Waals surface area contributed by atoms with E-state index >= 15 is 0 Å². The Labute approximate surface area is 84.2 Å². The molecule has 14 heavy (non-hydrogen) atoms. The highest BCUT2D eigenvalue weighted by molar-refractivity contribution is 7.98. The van der Waals surface area contributed by atoms with Gasteiger partial charge < -0.3 is 9.52 Å². The first-order valence-electron chi connectivity index (χ1n) is 3.87. The van der Waals surface area contributed by atoms with Crippen LogP contribution in [-0.2, 0) is 6.61 Å². The van der Waals surface area contributed by atoms with Crippen molar-refractivity contribution in [2.45, 2.75) is 17.0 Å². The summed E-state index contributed by atoms with van der Waals surface area (Å²) in [5, 5.41) is 9.82. The van der Waals surface area contributed by atoms with Crippen molar-refractivity contribution in [1.29, 1.82) is 0 Å². The highest BCUT2D eigenvalue weighted by atomic mass is 32.2. The maximum Gasteiger partial charge on any atom is 0.263 e. The SMILES string of the molecule is OCc1cnc(Sc2ncco2)nc1. The summed E-state index contributed by atoms with van der Waals surface area (Å²) in [7, 11) is 0. The summed E-state index contributed by atoms with van der Waals surface area (Å²) in [5.74, 6) is 0. The molecular weight excluding hydrogens is 202 g/mol. The normalized spacial score (nSPS) is 10.4. The topological polar surface area (TPSA) is 72.0 Å². The van der Waals surface area contributed by atoms with Crippen LogP contribution in [0.3, 0.4) is 0 Å². The van der Waals surface area contributed by atoms with Crippen molar-refractivity contribution in [3.8, 4) is 0 Å². The third kappa shape index (κ3) is 2.09. The molecule has 0 unspecified atom stereocenters. The summed E-state index contributed by atoms with van der Waals surface area (Å²) in [5.41, 5.74) is 0.682. The molecule has 0 radical (unpaired) electrons. The summed E-state index contributed by atoms with van der Waals surface area (Å²) in [6, 6.07) is 0. The predicted molar refractivity (Wildman–Crippen MR) is 48.6 cm³/mol. The molecule has 0 atom stereocenters. The largest absolute Gasteiger partial charge is 0.440 e. The fraction of sp³-hybridized carbons (Fsp3) is 0.125. The highest BCUT2D eigenvalue weighted by Gasteiger charge is 2.03. The van der Waals surface area contributed by atoms with Gasteiger partial charge in [0.2, 0.25) is 0 Å². The lowest BCUT2D eigenvalue weighted by atomic mass is 10.4. The lowest BCUT2D eigenvalue weighted by Gasteiger charge is -1.96. The van der Waals surface area contributed by atoms with Gasteiger partial charge in [0.1, 0.15) is 6.26 Å². The molecule has 0 saturated carbocycles. The van der Waals surface area contributed by atoms with E-state index in [0.717, 1.165) is 0 Å². The first-order valence-corrected chi connectivity index (χ1v) is 4.69. The van der Waals surface area contributed by atoms with Crippen molar-refractivity contribution in [2.24, 2.45) is 0 Å². The standard InChI is InChI=1S/C8H7N3O2S/c12-5-6-3-10-7(11-4-6)14-8-9-1-2-13-8/h1-4,12H,5H2. The van der Waals surface area contributed by atoms with E-state index in [1.807, 2.05) is 0 Å². The number of oxazole rings is 1. The molecule has 0 saturated heterocycles. The van der Waals surface area contributed by atoms with Crippen LogP contribution in [0.25, 0.3) is 0 Å². The molecule has 0 aliphatic carbocycles. The molecule has 0 aromatic carbocycles. The van der Waals surface area contributed by atoms with E-state index < -0.39 is 0 Å². The summed E-state index contributed by atoms with van der Waals surface area (Å²) in [6.07, 6.45) is 6.19. The number of nitrogens with zero attached hydrogens (tertiary/aromatic N) is 3. The molecular formula is C8H7N3O2S. The Balaban J connectivity index is 2.10. The van der Waals surface area contributed by atoms with Gasteiger partial charge in [0.05, 0.1) is 12.8 Å². The summed E-state index contributed by atoms with van der Waals surface area (Å²) < 4.78 is 5.02. The molecule has 0 fully saturated rings. The third-order valence-corrected chi connectivity index (χ3v) is 2.22. The summed E-state index contributed by atoms with van der Waals surface area (Å²) in [4.78, 5) is 12.0. The van der Waals surface area contributed by atoms with Crippen molar-refractivity contribution in [3.05, 3.63) is 30.4 Å². The maximum absolute atomic E-state index is 8.77. The minimum Gasteiger partial charge on any atom is -0.440 e. The third-order valence-electron chi connectivity index (χ3n) is 1.45. The fourth-order valence-electron chi connectivity index (χ4n) is 0.816. The van der Waals surface area contributed by atoms with Crippen molar-refractivity contribution < 1.29 is 9.52 Å². The lowest BCUT2D eigenvalue weighted by molar-refractivity contribution is 0.280. The Bertz CT molecular complexity index is 387. The number of aliphatic hydroxyl groups is 1. The minimum absolute atomic E-state index is 0.0516. The molecule has 1 N–H and O–H groups in total. The van der Waals surface area contributed by atoms with Crippen LogP contribution in [0.2, 0.25) is 0 Å². The molecule has 0 aliphatic heterocycles. The quantitative estimate of drug-likeness (QED) is 0.763. The molecule has 5 nitrogen and oxygen atoms in total. The van der Waals surface area contributed by atoms with Gasteiger partial charge in [-0.25, -0.2) is 15.0 Å². The molecule has 2 rings (SSSR count). The predicted octanol–water partition coefficient (Wildman–Crippen LogP) is 1.11. The van der Waals surface area contributed by atoms with E-state index in [1.54, 1.807) is 18.6 Å². The second-order valence-electron chi connectivity index (χ2n) is 2.43. The first-order chi connectivity index (χ1) is 6.88. The molecule has 72 valence electrons. The van der Waals surface area contributed by atoms with Gasteiger partial charge in [-0.1, -0.05) is 0 Å². The van der Waals surface area contributed by atoms with E-state index in [-0.39, 0.29) is 6.61 Å². The average molecular weight is 209 g/mol. The zero-order chi connectivity index (χ0) is 9.80. The van der Waals surface area contributed by atoms with Gasteiger partial charge in [-0.15, -0.1) is 0 Å². The monoisotopic (exact) mass is 209 g/mol. The van der Waals surface area contributed by atoms with Gasteiger partial charge in [-0.3, -0.25) is 0 Å². The van der Waals surface area contributed by atoms with E-state index in [0.29, 0.717) is 15.9 Å². The Morgan fingerprint density at radius 3 is 2.64 bits per heavy atom. The second kappa shape index (κ2) is 4.21. The van der Waals surface area contributed by atoms with Crippen molar-refractivity contribution in [1.82, 2.24) is 15.0 Å². The van der Waals surface area contributed by atoms with Crippen LogP contribution in [0.1, 0.15) is 5.56 Å². The Morgan fingerprint density at radius 1 is 1.29 bits per heavy atom. The van der Waals surface area contributed by atoms with Crippen LogP contribution in [0.15, 0.2) is 39.7 Å². The van der Waals surface area contributed by atoms with Crippen LogP contribution < -0.4 is 0 Å². The molecule has 0 aliphatic rings. The minimum atomic E-state index is -0.0516.